The normalized spacial score (nSPS) is 17.2. The number of amides is 1. The molecular formula is C19H28INO3. The first-order chi connectivity index (χ1) is 11.2. The fraction of sp³-hybridized carbons (Fsp3) is 0.632. The number of aliphatic hydroxyl groups excluding tert-OH is 1. The van der Waals surface area contributed by atoms with Crippen LogP contribution in [0.25, 0.3) is 0 Å². The van der Waals surface area contributed by atoms with Gasteiger partial charge in [-0.1, -0.05) is 25.0 Å². The molecule has 4 nitrogen and oxygen atoms in total. The Morgan fingerprint density at radius 3 is 2.42 bits per heavy atom. The van der Waals surface area contributed by atoms with Gasteiger partial charge in [0.25, 0.3) is 0 Å². The second kappa shape index (κ2) is 8.04. The molecule has 0 aromatic heterocycles. The number of hydrogen-bond donors (Lipinski definition) is 2. The summed E-state index contributed by atoms with van der Waals surface area (Å²) in [5.41, 5.74) is 0.347. The first-order valence-corrected chi connectivity index (χ1v) is 9.61. The SMILES string of the molecule is CC(C)(C)OC(=O)NCC(CO)(Cc1ccc(I)cc1)CC1CC1. The van der Waals surface area contributed by atoms with Crippen molar-refractivity contribution in [1.29, 1.82) is 0 Å². The van der Waals surface area contributed by atoms with Gasteiger partial charge in [-0.15, -0.1) is 0 Å². The Morgan fingerprint density at radius 2 is 1.92 bits per heavy atom. The summed E-state index contributed by atoms with van der Waals surface area (Å²) in [4.78, 5) is 12.0. The second-order valence-electron chi connectivity index (χ2n) is 7.96. The van der Waals surface area contributed by atoms with Crippen LogP contribution in [0.15, 0.2) is 24.3 Å². The lowest BCUT2D eigenvalue weighted by Gasteiger charge is -2.33. The summed E-state index contributed by atoms with van der Waals surface area (Å²) < 4.78 is 6.53. The van der Waals surface area contributed by atoms with Crippen LogP contribution < -0.4 is 5.32 Å². The Bertz CT molecular complexity index is 549. The van der Waals surface area contributed by atoms with E-state index < -0.39 is 11.7 Å². The molecule has 1 saturated carbocycles. The predicted molar refractivity (Wildman–Crippen MR) is 104 cm³/mol. The minimum atomic E-state index is -0.515. The van der Waals surface area contributed by atoms with Crippen LogP contribution in [0, 0.1) is 14.9 Å². The highest BCUT2D eigenvalue weighted by molar-refractivity contribution is 14.1. The molecule has 1 atom stereocenters. The molecule has 0 spiro atoms. The highest BCUT2D eigenvalue weighted by Crippen LogP contribution is 2.41. The lowest BCUT2D eigenvalue weighted by molar-refractivity contribution is 0.0449. The van der Waals surface area contributed by atoms with Crippen molar-refractivity contribution in [3.05, 3.63) is 33.4 Å². The van der Waals surface area contributed by atoms with E-state index in [-0.39, 0.29) is 12.0 Å². The number of aliphatic hydroxyl groups is 1. The molecule has 0 heterocycles. The number of alkyl carbamates (subject to hydrolysis) is 1. The summed E-state index contributed by atoms with van der Waals surface area (Å²) in [5.74, 6) is 0.668. The molecule has 1 aliphatic carbocycles. The van der Waals surface area contributed by atoms with Crippen LogP contribution in [0.2, 0.25) is 0 Å². The van der Waals surface area contributed by atoms with Crippen LogP contribution in [-0.4, -0.2) is 30.0 Å². The van der Waals surface area contributed by atoms with Gasteiger partial charge in [-0.25, -0.2) is 4.79 Å². The third-order valence-corrected chi connectivity index (χ3v) is 4.97. The Balaban J connectivity index is 2.04. The van der Waals surface area contributed by atoms with Crippen molar-refractivity contribution in [2.24, 2.45) is 11.3 Å². The van der Waals surface area contributed by atoms with Gasteiger partial charge in [-0.3, -0.25) is 0 Å². The second-order valence-corrected chi connectivity index (χ2v) is 9.21. The van der Waals surface area contributed by atoms with Gasteiger partial charge in [0, 0.05) is 15.5 Å². The summed E-state index contributed by atoms with van der Waals surface area (Å²) in [5, 5.41) is 13.0. The molecule has 0 radical (unpaired) electrons. The third-order valence-electron chi connectivity index (χ3n) is 4.25. The predicted octanol–water partition coefficient (Wildman–Crippen LogP) is 4.14. The molecule has 2 rings (SSSR count). The molecule has 0 saturated heterocycles. The van der Waals surface area contributed by atoms with Crippen LogP contribution in [-0.2, 0) is 11.2 Å². The zero-order chi connectivity index (χ0) is 17.8. The fourth-order valence-electron chi connectivity index (χ4n) is 2.93. The van der Waals surface area contributed by atoms with E-state index in [1.54, 1.807) is 0 Å². The molecule has 1 fully saturated rings. The van der Waals surface area contributed by atoms with Crippen LogP contribution in [0.5, 0.6) is 0 Å². The lowest BCUT2D eigenvalue weighted by Crippen LogP contribution is -2.43. The minimum Gasteiger partial charge on any atom is -0.444 e. The third kappa shape index (κ3) is 6.59. The molecular weight excluding hydrogens is 417 g/mol. The van der Waals surface area contributed by atoms with Gasteiger partial charge >= 0.3 is 6.09 Å². The molecule has 1 amide bonds. The largest absolute Gasteiger partial charge is 0.444 e. The molecule has 1 aromatic rings. The average molecular weight is 445 g/mol. The highest BCUT2D eigenvalue weighted by Gasteiger charge is 2.37. The van der Waals surface area contributed by atoms with E-state index in [1.807, 2.05) is 20.8 Å². The Hall–Kier alpha value is -0.820. The number of nitrogens with one attached hydrogen (secondary N) is 1. The van der Waals surface area contributed by atoms with Gasteiger partial charge < -0.3 is 15.2 Å². The molecule has 0 aliphatic heterocycles. The summed E-state index contributed by atoms with van der Waals surface area (Å²) in [6.45, 7) is 6.04. The number of carbonyl (C=O) groups is 1. The van der Waals surface area contributed by atoms with E-state index in [2.05, 4.69) is 52.2 Å². The monoisotopic (exact) mass is 445 g/mol. The fourth-order valence-corrected chi connectivity index (χ4v) is 3.29. The van der Waals surface area contributed by atoms with Gasteiger partial charge in [-0.05, 0) is 79.8 Å². The molecule has 5 heteroatoms. The molecule has 24 heavy (non-hydrogen) atoms. The van der Waals surface area contributed by atoms with Gasteiger partial charge in [-0.2, -0.15) is 0 Å². The standard InChI is InChI=1S/C19H28INO3/c1-18(2,3)24-17(23)21-12-19(13-22,10-14-4-5-14)11-15-6-8-16(20)9-7-15/h6-9,14,22H,4-5,10-13H2,1-3H3,(H,21,23). The van der Waals surface area contributed by atoms with Crippen LogP contribution >= 0.6 is 22.6 Å². The number of hydrogen-bond acceptors (Lipinski definition) is 3. The van der Waals surface area contributed by atoms with Crippen molar-refractivity contribution < 1.29 is 14.6 Å². The zero-order valence-electron chi connectivity index (χ0n) is 14.8. The van der Waals surface area contributed by atoms with Crippen molar-refractivity contribution in [2.45, 2.75) is 52.1 Å². The molecule has 0 bridgehead atoms. The van der Waals surface area contributed by atoms with Crippen molar-refractivity contribution in [1.82, 2.24) is 5.32 Å². The first kappa shape index (κ1) is 19.5. The Labute approximate surface area is 158 Å². The number of ether oxygens (including phenoxy) is 1. The van der Waals surface area contributed by atoms with E-state index in [9.17, 15) is 9.90 Å². The smallest absolute Gasteiger partial charge is 0.407 e. The highest BCUT2D eigenvalue weighted by atomic mass is 127. The number of rotatable bonds is 7. The van der Waals surface area contributed by atoms with Crippen LogP contribution in [0.1, 0.15) is 45.6 Å². The van der Waals surface area contributed by atoms with Crippen molar-refractivity contribution in [3.63, 3.8) is 0 Å². The summed E-state index contributed by atoms with van der Waals surface area (Å²) in [6.07, 6.45) is 3.72. The maximum Gasteiger partial charge on any atom is 0.407 e. The van der Waals surface area contributed by atoms with Gasteiger partial charge in [0.2, 0.25) is 0 Å². The first-order valence-electron chi connectivity index (χ1n) is 8.54. The Morgan fingerprint density at radius 1 is 1.29 bits per heavy atom. The summed E-state index contributed by atoms with van der Waals surface area (Å²) >= 11 is 2.29. The number of benzene rings is 1. The van der Waals surface area contributed by atoms with Gasteiger partial charge in [0.05, 0.1) is 6.61 Å². The Kier molecular flexibility index (Phi) is 6.53. The molecule has 1 aliphatic rings. The number of carbonyl (C=O) groups excluding carboxylic acids is 1. The van der Waals surface area contributed by atoms with Crippen LogP contribution in [0.4, 0.5) is 4.79 Å². The molecule has 1 unspecified atom stereocenters. The maximum absolute atomic E-state index is 12.0. The van der Waals surface area contributed by atoms with Crippen molar-refractivity contribution in [2.75, 3.05) is 13.2 Å². The minimum absolute atomic E-state index is 0.0608. The van der Waals surface area contributed by atoms with Gasteiger partial charge in [0.1, 0.15) is 5.60 Å². The summed E-state index contributed by atoms with van der Waals surface area (Å²) in [6, 6.07) is 8.37. The van der Waals surface area contributed by atoms with E-state index in [1.165, 1.54) is 22.0 Å². The average Bonchev–Trinajstić information content (AvgIpc) is 3.29. The lowest BCUT2D eigenvalue weighted by atomic mass is 9.77. The quantitative estimate of drug-likeness (QED) is 0.621. The zero-order valence-corrected chi connectivity index (χ0v) is 16.9. The molecule has 2 N–H and O–H groups in total. The maximum atomic E-state index is 12.0. The van der Waals surface area contributed by atoms with E-state index in [4.69, 9.17) is 4.74 Å². The summed E-state index contributed by atoms with van der Waals surface area (Å²) in [7, 11) is 0. The van der Waals surface area contributed by atoms with Crippen molar-refractivity contribution >= 4 is 28.7 Å². The van der Waals surface area contributed by atoms with Crippen LogP contribution in [0.3, 0.4) is 0 Å². The molecule has 1 aromatic carbocycles. The number of halogens is 1. The van der Waals surface area contributed by atoms with E-state index in [0.717, 1.165) is 12.8 Å². The van der Waals surface area contributed by atoms with Gasteiger partial charge in [0.15, 0.2) is 0 Å². The van der Waals surface area contributed by atoms with Crippen molar-refractivity contribution in [3.8, 4) is 0 Å². The van der Waals surface area contributed by atoms with E-state index in [0.29, 0.717) is 12.5 Å². The topological polar surface area (TPSA) is 58.6 Å². The van der Waals surface area contributed by atoms with E-state index >= 15 is 0 Å². The molecule has 134 valence electrons.